The van der Waals surface area contributed by atoms with Crippen molar-refractivity contribution in [2.75, 3.05) is 45.9 Å². The van der Waals surface area contributed by atoms with Crippen molar-refractivity contribution in [2.24, 2.45) is 5.41 Å². The van der Waals surface area contributed by atoms with Gasteiger partial charge in [-0.25, -0.2) is 4.79 Å². The Bertz CT molecular complexity index is 2280. The number of ether oxygens (including phenoxy) is 1. The number of aromatic amines is 1. The number of hydrogen-bond acceptors (Lipinski definition) is 9. The van der Waals surface area contributed by atoms with Crippen LogP contribution in [-0.4, -0.2) is 98.9 Å². The average Bonchev–Trinajstić information content (AvgIpc) is 3.21. The SMILES string of the molecule is O=C(COc1cccc([C@](O)(C(=O)O)c2ccccc2)c1)N1CCC2(CC1)CN(C(=O)c1ccc(CCNC[C@H](O)c3ccc(O)c4[nH]c(=O)ccc34)cc1)C2. The number of H-pyrrole nitrogens is 1. The summed E-state index contributed by atoms with van der Waals surface area (Å²) in [5, 5.41) is 45.8. The summed E-state index contributed by atoms with van der Waals surface area (Å²) < 4.78 is 5.77. The van der Waals surface area contributed by atoms with Gasteiger partial charge in [0, 0.05) is 60.7 Å². The quantitative estimate of drug-likeness (QED) is 0.0968. The monoisotopic (exact) mass is 760 g/mol. The number of phenolic OH excluding ortho intramolecular Hbond substituents is 1. The van der Waals surface area contributed by atoms with Crippen molar-refractivity contribution < 1.29 is 39.5 Å². The number of phenols is 1. The molecule has 0 bridgehead atoms. The van der Waals surface area contributed by atoms with Crippen LogP contribution in [0.4, 0.5) is 0 Å². The first-order chi connectivity index (χ1) is 27.0. The largest absolute Gasteiger partial charge is 0.506 e. The Morgan fingerprint density at radius 3 is 2.30 bits per heavy atom. The highest BCUT2D eigenvalue weighted by Crippen LogP contribution is 2.41. The first-order valence-electron chi connectivity index (χ1n) is 18.6. The predicted molar refractivity (Wildman–Crippen MR) is 207 cm³/mol. The number of piperidine rings is 1. The van der Waals surface area contributed by atoms with E-state index in [4.69, 9.17) is 4.74 Å². The van der Waals surface area contributed by atoms with E-state index in [0.29, 0.717) is 61.2 Å². The third-order valence-electron chi connectivity index (χ3n) is 11.0. The van der Waals surface area contributed by atoms with Crippen LogP contribution in [0.1, 0.15) is 51.6 Å². The zero-order valence-electron chi connectivity index (χ0n) is 30.7. The van der Waals surface area contributed by atoms with E-state index in [1.54, 1.807) is 47.4 Å². The number of nitrogens with one attached hydrogen (secondary N) is 2. The molecule has 1 aromatic heterocycles. The number of benzene rings is 4. The molecule has 2 fully saturated rings. The number of carbonyl (C=O) groups excluding carboxylic acids is 2. The first-order valence-corrected chi connectivity index (χ1v) is 18.6. The molecule has 1 spiro atoms. The molecule has 6 N–H and O–H groups in total. The van der Waals surface area contributed by atoms with Gasteiger partial charge in [-0.15, -0.1) is 0 Å². The minimum Gasteiger partial charge on any atom is -0.506 e. The van der Waals surface area contributed by atoms with E-state index in [0.717, 1.165) is 18.4 Å². The topological polar surface area (TPSA) is 193 Å². The zero-order valence-corrected chi connectivity index (χ0v) is 30.7. The molecule has 0 aliphatic carbocycles. The molecular weight excluding hydrogens is 716 g/mol. The van der Waals surface area contributed by atoms with Gasteiger partial charge in [0.15, 0.2) is 6.61 Å². The third-order valence-corrected chi connectivity index (χ3v) is 11.0. The number of pyridine rings is 1. The molecular formula is C43H44N4O9. The number of carboxylic acids is 1. The Kier molecular flexibility index (Phi) is 10.9. The molecule has 0 radical (unpaired) electrons. The summed E-state index contributed by atoms with van der Waals surface area (Å²) in [6, 6.07) is 27.8. The number of rotatable bonds is 13. The van der Waals surface area contributed by atoms with Crippen LogP contribution in [0.2, 0.25) is 0 Å². The number of nitrogens with zero attached hydrogens (tertiary/aromatic N) is 2. The fourth-order valence-electron chi connectivity index (χ4n) is 7.72. The van der Waals surface area contributed by atoms with Crippen molar-refractivity contribution in [3.63, 3.8) is 0 Å². The smallest absolute Gasteiger partial charge is 0.345 e. The van der Waals surface area contributed by atoms with E-state index in [1.165, 1.54) is 36.4 Å². The molecule has 56 heavy (non-hydrogen) atoms. The summed E-state index contributed by atoms with van der Waals surface area (Å²) in [5.74, 6) is -1.42. The van der Waals surface area contributed by atoms with Crippen LogP contribution in [0, 0.1) is 5.41 Å². The number of hydrogen-bond donors (Lipinski definition) is 6. The first kappa shape index (κ1) is 38.3. The molecule has 7 rings (SSSR count). The molecule has 3 heterocycles. The van der Waals surface area contributed by atoms with Gasteiger partial charge in [-0.2, -0.15) is 0 Å². The van der Waals surface area contributed by atoms with Crippen LogP contribution >= 0.6 is 0 Å². The second-order valence-corrected chi connectivity index (χ2v) is 14.7. The Balaban J connectivity index is 0.837. The highest BCUT2D eigenvalue weighted by molar-refractivity contribution is 5.95. The number of amides is 2. The molecule has 290 valence electrons. The van der Waals surface area contributed by atoms with Crippen LogP contribution in [-0.2, 0) is 21.6 Å². The summed E-state index contributed by atoms with van der Waals surface area (Å²) in [5.41, 5.74) is 0.222. The fraction of sp³-hybridized carbons (Fsp3) is 0.302. The van der Waals surface area contributed by atoms with Crippen LogP contribution < -0.4 is 15.6 Å². The number of fused-ring (bicyclic) bond motifs is 1. The van der Waals surface area contributed by atoms with Crippen molar-refractivity contribution in [1.29, 1.82) is 0 Å². The number of carbonyl (C=O) groups is 3. The number of aliphatic hydroxyl groups excluding tert-OH is 1. The van der Waals surface area contributed by atoms with Gasteiger partial charge in [-0.05, 0) is 78.9 Å². The zero-order chi connectivity index (χ0) is 39.5. The summed E-state index contributed by atoms with van der Waals surface area (Å²) in [6.07, 6.45) is 1.37. The standard InChI is InChI=1S/C43H44N4O9/c48-35-15-13-33(34-14-16-37(50)45-39(34)35)36(49)24-44-20-17-28-9-11-29(12-10-28)40(52)47-26-42(27-47)18-21-46(22-19-42)38(51)25-56-32-8-4-7-31(23-32)43(55,41(53)54)30-5-2-1-3-6-30/h1-16,23,36,44,48-49,55H,17-22,24-27H2,(H,45,50)(H,53,54)/t36-,43-/m0/s1. The maximum absolute atomic E-state index is 13.3. The van der Waals surface area contributed by atoms with Crippen molar-refractivity contribution >= 4 is 28.7 Å². The van der Waals surface area contributed by atoms with Gasteiger partial charge in [0.25, 0.3) is 11.8 Å². The number of aliphatic hydroxyl groups is 2. The lowest BCUT2D eigenvalue weighted by Gasteiger charge is -2.54. The molecule has 2 aliphatic heterocycles. The van der Waals surface area contributed by atoms with Gasteiger partial charge < -0.3 is 45.3 Å². The molecule has 13 nitrogen and oxygen atoms in total. The number of aromatic nitrogens is 1. The Hall–Kier alpha value is -6.02. The summed E-state index contributed by atoms with van der Waals surface area (Å²) in [6.45, 7) is 2.99. The highest BCUT2D eigenvalue weighted by Gasteiger charge is 2.47. The molecule has 2 saturated heterocycles. The Labute approximate surface area is 322 Å². The van der Waals surface area contributed by atoms with Gasteiger partial charge in [0.05, 0.1) is 11.6 Å². The van der Waals surface area contributed by atoms with Crippen molar-refractivity contribution in [3.8, 4) is 11.5 Å². The lowest BCUT2D eigenvalue weighted by atomic mass is 9.71. The summed E-state index contributed by atoms with van der Waals surface area (Å²) in [7, 11) is 0. The molecule has 0 saturated carbocycles. The second-order valence-electron chi connectivity index (χ2n) is 14.7. The fourth-order valence-corrected chi connectivity index (χ4v) is 7.72. The van der Waals surface area contributed by atoms with Crippen LogP contribution in [0.3, 0.4) is 0 Å². The molecule has 2 atom stereocenters. The Morgan fingerprint density at radius 2 is 1.59 bits per heavy atom. The third kappa shape index (κ3) is 7.87. The van der Waals surface area contributed by atoms with Crippen LogP contribution in [0.15, 0.2) is 108 Å². The van der Waals surface area contributed by atoms with Crippen LogP contribution in [0.5, 0.6) is 11.5 Å². The molecule has 4 aromatic carbocycles. The van der Waals surface area contributed by atoms with Crippen molar-refractivity contribution in [3.05, 3.63) is 141 Å². The van der Waals surface area contributed by atoms with Crippen molar-refractivity contribution in [2.45, 2.75) is 31.0 Å². The van der Waals surface area contributed by atoms with E-state index in [2.05, 4.69) is 10.3 Å². The second kappa shape index (κ2) is 16.0. The number of aromatic hydroxyl groups is 1. The van der Waals surface area contributed by atoms with E-state index in [9.17, 15) is 39.6 Å². The van der Waals surface area contributed by atoms with Gasteiger partial charge in [-0.1, -0.05) is 60.7 Å². The lowest BCUT2D eigenvalue weighted by Crippen LogP contribution is -2.62. The normalized spacial score (nSPS) is 16.5. The molecule has 5 aromatic rings. The molecule has 13 heteroatoms. The molecule has 2 aliphatic rings. The maximum Gasteiger partial charge on any atom is 0.345 e. The lowest BCUT2D eigenvalue weighted by molar-refractivity contribution is -0.155. The average molecular weight is 761 g/mol. The van der Waals surface area contributed by atoms with E-state index in [1.807, 2.05) is 29.2 Å². The van der Waals surface area contributed by atoms with E-state index < -0.39 is 17.7 Å². The highest BCUT2D eigenvalue weighted by atomic mass is 16.5. The number of carboxylic acid groups (broad SMARTS) is 1. The predicted octanol–water partition coefficient (Wildman–Crippen LogP) is 3.56. The summed E-state index contributed by atoms with van der Waals surface area (Å²) in [4.78, 5) is 56.4. The minimum absolute atomic E-state index is 0.0258. The van der Waals surface area contributed by atoms with Crippen LogP contribution in [0.25, 0.3) is 10.9 Å². The molecule has 2 amide bonds. The summed E-state index contributed by atoms with van der Waals surface area (Å²) >= 11 is 0. The number of aliphatic carboxylic acids is 1. The van der Waals surface area contributed by atoms with Gasteiger partial charge >= 0.3 is 5.97 Å². The minimum atomic E-state index is -2.28. The van der Waals surface area contributed by atoms with E-state index >= 15 is 0 Å². The van der Waals surface area contributed by atoms with Gasteiger partial charge in [-0.3, -0.25) is 14.4 Å². The van der Waals surface area contributed by atoms with Gasteiger partial charge in [0.1, 0.15) is 11.5 Å². The van der Waals surface area contributed by atoms with Gasteiger partial charge in [0.2, 0.25) is 11.2 Å². The Morgan fingerprint density at radius 1 is 0.875 bits per heavy atom. The van der Waals surface area contributed by atoms with Crippen molar-refractivity contribution in [1.82, 2.24) is 20.1 Å². The van der Waals surface area contributed by atoms with E-state index in [-0.39, 0.29) is 58.6 Å². The molecule has 0 unspecified atom stereocenters. The maximum atomic E-state index is 13.3. The number of likely N-dealkylation sites (tertiary alicyclic amines) is 2.